The number of anilines is 1. The first-order chi connectivity index (χ1) is 8.31. The van der Waals surface area contributed by atoms with E-state index in [-0.39, 0.29) is 11.9 Å². The number of aromatic nitrogens is 1. The number of hydrogen-bond acceptors (Lipinski definition) is 5. The SMILES string of the molecule is O=C(N[C@H]1CCOC1)c1csc(NC2CC2)n1. The average molecular weight is 253 g/mol. The van der Waals surface area contributed by atoms with Gasteiger partial charge >= 0.3 is 0 Å². The van der Waals surface area contributed by atoms with Crippen LogP contribution in [0.2, 0.25) is 0 Å². The van der Waals surface area contributed by atoms with Crippen molar-refractivity contribution < 1.29 is 9.53 Å². The van der Waals surface area contributed by atoms with E-state index in [9.17, 15) is 4.79 Å². The van der Waals surface area contributed by atoms with Crippen LogP contribution in [0.4, 0.5) is 5.13 Å². The summed E-state index contributed by atoms with van der Waals surface area (Å²) in [5, 5.41) is 8.87. The molecule has 1 amide bonds. The number of rotatable bonds is 4. The summed E-state index contributed by atoms with van der Waals surface area (Å²) in [6.07, 6.45) is 3.31. The third kappa shape index (κ3) is 2.76. The van der Waals surface area contributed by atoms with Crippen LogP contribution in [-0.2, 0) is 4.74 Å². The quantitative estimate of drug-likeness (QED) is 0.847. The highest BCUT2D eigenvalue weighted by atomic mass is 32.1. The number of carbonyl (C=O) groups excluding carboxylic acids is 1. The second kappa shape index (κ2) is 4.62. The molecular formula is C11H15N3O2S. The maximum absolute atomic E-state index is 11.9. The Hall–Kier alpha value is -1.14. The molecule has 6 heteroatoms. The van der Waals surface area contributed by atoms with Crippen LogP contribution in [0.15, 0.2) is 5.38 Å². The highest BCUT2D eigenvalue weighted by Crippen LogP contribution is 2.26. The number of thiazole rings is 1. The van der Waals surface area contributed by atoms with E-state index in [1.54, 1.807) is 5.38 Å². The lowest BCUT2D eigenvalue weighted by Gasteiger charge is -2.08. The Labute approximate surface area is 104 Å². The molecule has 2 fully saturated rings. The van der Waals surface area contributed by atoms with Gasteiger partial charge in [0.2, 0.25) is 0 Å². The molecule has 1 saturated carbocycles. The molecule has 1 atom stereocenters. The standard InChI is InChI=1S/C11H15N3O2S/c15-10(12-8-3-4-16-5-8)9-6-17-11(14-9)13-7-1-2-7/h6-8H,1-5H2,(H,12,15)(H,13,14)/t8-/m0/s1. The number of ether oxygens (including phenoxy) is 1. The van der Waals surface area contributed by atoms with Crippen LogP contribution in [0.1, 0.15) is 29.8 Å². The molecule has 2 aliphatic rings. The summed E-state index contributed by atoms with van der Waals surface area (Å²) in [6.45, 7) is 1.35. The second-order valence-corrected chi connectivity index (χ2v) is 5.35. The fourth-order valence-electron chi connectivity index (χ4n) is 1.75. The van der Waals surface area contributed by atoms with Crippen molar-refractivity contribution in [2.75, 3.05) is 18.5 Å². The third-order valence-corrected chi connectivity index (χ3v) is 3.68. The maximum atomic E-state index is 11.9. The summed E-state index contributed by atoms with van der Waals surface area (Å²) in [5.74, 6) is -0.0967. The van der Waals surface area contributed by atoms with E-state index in [1.807, 2.05) is 0 Å². The summed E-state index contributed by atoms with van der Waals surface area (Å²) in [4.78, 5) is 16.2. The van der Waals surface area contributed by atoms with Gasteiger partial charge in [0, 0.05) is 18.0 Å². The first kappa shape index (κ1) is 11.0. The van der Waals surface area contributed by atoms with Gasteiger partial charge in [0.25, 0.3) is 5.91 Å². The molecule has 0 radical (unpaired) electrons. The van der Waals surface area contributed by atoms with Crippen molar-refractivity contribution >= 4 is 22.4 Å². The molecule has 0 unspecified atom stereocenters. The highest BCUT2D eigenvalue weighted by Gasteiger charge is 2.23. The predicted octanol–water partition coefficient (Wildman–Crippen LogP) is 1.24. The molecule has 1 aliphatic carbocycles. The van der Waals surface area contributed by atoms with Crippen LogP contribution < -0.4 is 10.6 Å². The average Bonchev–Trinajstić information content (AvgIpc) is 2.81. The van der Waals surface area contributed by atoms with Crippen LogP contribution in [0.25, 0.3) is 0 Å². The van der Waals surface area contributed by atoms with Crippen LogP contribution in [0, 0.1) is 0 Å². The molecule has 2 N–H and O–H groups in total. The van der Waals surface area contributed by atoms with Crippen LogP contribution in [-0.4, -0.2) is 36.2 Å². The van der Waals surface area contributed by atoms with Crippen molar-refractivity contribution in [3.05, 3.63) is 11.1 Å². The number of carbonyl (C=O) groups is 1. The Balaban J connectivity index is 1.57. The molecule has 0 spiro atoms. The number of hydrogen-bond donors (Lipinski definition) is 2. The Morgan fingerprint density at radius 3 is 3.00 bits per heavy atom. The van der Waals surface area contributed by atoms with Crippen molar-refractivity contribution in [1.82, 2.24) is 10.3 Å². The van der Waals surface area contributed by atoms with Crippen molar-refractivity contribution in [1.29, 1.82) is 0 Å². The number of nitrogens with zero attached hydrogens (tertiary/aromatic N) is 1. The fourth-order valence-corrected chi connectivity index (χ4v) is 2.52. The minimum atomic E-state index is -0.0967. The van der Waals surface area contributed by atoms with E-state index >= 15 is 0 Å². The van der Waals surface area contributed by atoms with E-state index in [4.69, 9.17) is 4.74 Å². The van der Waals surface area contributed by atoms with Crippen LogP contribution in [0.5, 0.6) is 0 Å². The summed E-state index contributed by atoms with van der Waals surface area (Å²) < 4.78 is 5.22. The Morgan fingerprint density at radius 2 is 2.29 bits per heavy atom. The molecular weight excluding hydrogens is 238 g/mol. The van der Waals surface area contributed by atoms with Gasteiger partial charge in [-0.05, 0) is 19.3 Å². The molecule has 5 nitrogen and oxygen atoms in total. The van der Waals surface area contributed by atoms with Gasteiger partial charge in [0.15, 0.2) is 5.13 Å². The molecule has 3 rings (SSSR count). The topological polar surface area (TPSA) is 63.2 Å². The van der Waals surface area contributed by atoms with Crippen molar-refractivity contribution in [3.63, 3.8) is 0 Å². The molecule has 0 bridgehead atoms. The van der Waals surface area contributed by atoms with Gasteiger partial charge in [-0.15, -0.1) is 11.3 Å². The Kier molecular flexibility index (Phi) is 2.98. The van der Waals surface area contributed by atoms with Gasteiger partial charge in [-0.25, -0.2) is 4.98 Å². The molecule has 1 saturated heterocycles. The zero-order chi connectivity index (χ0) is 11.7. The normalized spacial score (nSPS) is 23.6. The highest BCUT2D eigenvalue weighted by molar-refractivity contribution is 7.13. The van der Waals surface area contributed by atoms with Gasteiger partial charge in [-0.3, -0.25) is 4.79 Å². The molecule has 1 aromatic heterocycles. The molecule has 0 aromatic carbocycles. The van der Waals surface area contributed by atoms with E-state index < -0.39 is 0 Å². The van der Waals surface area contributed by atoms with Gasteiger partial charge in [-0.1, -0.05) is 0 Å². The largest absolute Gasteiger partial charge is 0.379 e. The van der Waals surface area contributed by atoms with Crippen LogP contribution in [0.3, 0.4) is 0 Å². The lowest BCUT2D eigenvalue weighted by atomic mass is 10.2. The van der Waals surface area contributed by atoms with Crippen LogP contribution >= 0.6 is 11.3 Å². The van der Waals surface area contributed by atoms with Gasteiger partial charge in [-0.2, -0.15) is 0 Å². The summed E-state index contributed by atoms with van der Waals surface area (Å²) in [5.41, 5.74) is 0.505. The van der Waals surface area contributed by atoms with Crippen molar-refractivity contribution in [3.8, 4) is 0 Å². The zero-order valence-electron chi connectivity index (χ0n) is 9.44. The minimum Gasteiger partial charge on any atom is -0.379 e. The zero-order valence-corrected chi connectivity index (χ0v) is 10.3. The summed E-state index contributed by atoms with van der Waals surface area (Å²) >= 11 is 1.49. The molecule has 1 aromatic rings. The first-order valence-electron chi connectivity index (χ1n) is 5.92. The van der Waals surface area contributed by atoms with Crippen molar-refractivity contribution in [2.45, 2.75) is 31.3 Å². The van der Waals surface area contributed by atoms with Gasteiger partial charge in [0.05, 0.1) is 12.6 Å². The van der Waals surface area contributed by atoms with Crippen molar-refractivity contribution in [2.24, 2.45) is 0 Å². The first-order valence-corrected chi connectivity index (χ1v) is 6.80. The lowest BCUT2D eigenvalue weighted by molar-refractivity contribution is 0.0925. The summed E-state index contributed by atoms with van der Waals surface area (Å²) in [6, 6.07) is 0.712. The number of amides is 1. The maximum Gasteiger partial charge on any atom is 0.271 e. The van der Waals surface area contributed by atoms with E-state index in [0.717, 1.165) is 18.2 Å². The molecule has 1 aliphatic heterocycles. The fraction of sp³-hybridized carbons (Fsp3) is 0.636. The Morgan fingerprint density at radius 1 is 1.41 bits per heavy atom. The lowest BCUT2D eigenvalue weighted by Crippen LogP contribution is -2.35. The van der Waals surface area contributed by atoms with Gasteiger partial charge in [0.1, 0.15) is 5.69 Å². The van der Waals surface area contributed by atoms with E-state index in [2.05, 4.69) is 15.6 Å². The van der Waals surface area contributed by atoms with E-state index in [0.29, 0.717) is 18.3 Å². The molecule has 2 heterocycles. The van der Waals surface area contributed by atoms with E-state index in [1.165, 1.54) is 24.2 Å². The third-order valence-electron chi connectivity index (χ3n) is 2.91. The second-order valence-electron chi connectivity index (χ2n) is 4.49. The number of nitrogens with one attached hydrogen (secondary N) is 2. The monoisotopic (exact) mass is 253 g/mol. The smallest absolute Gasteiger partial charge is 0.271 e. The minimum absolute atomic E-state index is 0.0967. The molecule has 92 valence electrons. The van der Waals surface area contributed by atoms with Gasteiger partial charge < -0.3 is 15.4 Å². The Bertz CT molecular complexity index is 411. The summed E-state index contributed by atoms with van der Waals surface area (Å²) in [7, 11) is 0. The molecule has 17 heavy (non-hydrogen) atoms. The predicted molar refractivity (Wildman–Crippen MR) is 65.4 cm³/mol.